The zero-order valence-corrected chi connectivity index (χ0v) is 9.79. The van der Waals surface area contributed by atoms with E-state index in [1.54, 1.807) is 0 Å². The number of aromatic amines is 1. The van der Waals surface area contributed by atoms with Gasteiger partial charge >= 0.3 is 0 Å². The molecule has 0 spiro atoms. The SMILES string of the molecule is CC(C)OCc1c[nH]c2cccc(CN)c12. The molecule has 0 unspecified atom stereocenters. The summed E-state index contributed by atoms with van der Waals surface area (Å²) >= 11 is 0. The van der Waals surface area contributed by atoms with Crippen molar-refractivity contribution in [2.75, 3.05) is 0 Å². The smallest absolute Gasteiger partial charge is 0.0741 e. The van der Waals surface area contributed by atoms with E-state index in [1.807, 2.05) is 26.1 Å². The number of ether oxygens (including phenoxy) is 1. The molecular formula is C13H18N2O. The van der Waals surface area contributed by atoms with Crippen molar-refractivity contribution in [3.63, 3.8) is 0 Å². The van der Waals surface area contributed by atoms with E-state index in [-0.39, 0.29) is 6.10 Å². The highest BCUT2D eigenvalue weighted by atomic mass is 16.5. The van der Waals surface area contributed by atoms with E-state index >= 15 is 0 Å². The van der Waals surface area contributed by atoms with Crippen LogP contribution >= 0.6 is 0 Å². The second-order valence-corrected chi connectivity index (χ2v) is 4.22. The number of hydrogen-bond acceptors (Lipinski definition) is 2. The molecule has 0 radical (unpaired) electrons. The van der Waals surface area contributed by atoms with Gasteiger partial charge in [-0.05, 0) is 25.5 Å². The fourth-order valence-electron chi connectivity index (χ4n) is 1.88. The first-order chi connectivity index (χ1) is 7.72. The maximum absolute atomic E-state index is 5.75. The predicted octanol–water partition coefficient (Wildman–Crippen LogP) is 2.55. The Labute approximate surface area is 95.6 Å². The molecule has 3 N–H and O–H groups in total. The average molecular weight is 218 g/mol. The summed E-state index contributed by atoms with van der Waals surface area (Å²) in [6.45, 7) is 5.27. The summed E-state index contributed by atoms with van der Waals surface area (Å²) in [7, 11) is 0. The molecule has 3 heteroatoms. The van der Waals surface area contributed by atoms with Gasteiger partial charge in [-0.3, -0.25) is 0 Å². The summed E-state index contributed by atoms with van der Waals surface area (Å²) in [4.78, 5) is 3.25. The van der Waals surface area contributed by atoms with Gasteiger partial charge in [-0.15, -0.1) is 0 Å². The lowest BCUT2D eigenvalue weighted by Crippen LogP contribution is -2.03. The molecule has 1 aromatic heterocycles. The number of rotatable bonds is 4. The average Bonchev–Trinajstić information content (AvgIpc) is 2.69. The lowest BCUT2D eigenvalue weighted by Gasteiger charge is -2.07. The molecule has 0 fully saturated rings. The summed E-state index contributed by atoms with van der Waals surface area (Å²) in [5, 5.41) is 1.21. The van der Waals surface area contributed by atoms with Gasteiger partial charge < -0.3 is 15.5 Å². The highest BCUT2D eigenvalue weighted by Crippen LogP contribution is 2.23. The molecule has 0 atom stereocenters. The largest absolute Gasteiger partial charge is 0.374 e. The van der Waals surface area contributed by atoms with Crippen LogP contribution in [0.4, 0.5) is 0 Å². The number of aromatic nitrogens is 1. The van der Waals surface area contributed by atoms with Crippen molar-refractivity contribution in [2.24, 2.45) is 5.73 Å². The molecule has 0 aliphatic carbocycles. The zero-order chi connectivity index (χ0) is 11.5. The maximum Gasteiger partial charge on any atom is 0.0741 e. The van der Waals surface area contributed by atoms with Gasteiger partial charge in [0.2, 0.25) is 0 Å². The Balaban J connectivity index is 2.38. The molecule has 16 heavy (non-hydrogen) atoms. The predicted molar refractivity (Wildman–Crippen MR) is 66.1 cm³/mol. The summed E-state index contributed by atoms with van der Waals surface area (Å²) in [6, 6.07) is 6.15. The molecule has 0 saturated carbocycles. The molecule has 0 saturated heterocycles. The molecule has 0 aliphatic rings. The van der Waals surface area contributed by atoms with Crippen molar-refractivity contribution in [3.05, 3.63) is 35.5 Å². The second kappa shape index (κ2) is 4.68. The number of fused-ring (bicyclic) bond motifs is 1. The first-order valence-corrected chi connectivity index (χ1v) is 5.62. The minimum Gasteiger partial charge on any atom is -0.374 e. The van der Waals surface area contributed by atoms with Crippen LogP contribution in [0.2, 0.25) is 0 Å². The molecule has 86 valence electrons. The fraction of sp³-hybridized carbons (Fsp3) is 0.385. The van der Waals surface area contributed by atoms with Crippen molar-refractivity contribution in [1.29, 1.82) is 0 Å². The minimum absolute atomic E-state index is 0.245. The van der Waals surface area contributed by atoms with Crippen molar-refractivity contribution in [3.8, 4) is 0 Å². The zero-order valence-electron chi connectivity index (χ0n) is 9.79. The third-order valence-electron chi connectivity index (χ3n) is 2.67. The Hall–Kier alpha value is -1.32. The van der Waals surface area contributed by atoms with Crippen molar-refractivity contribution < 1.29 is 4.74 Å². The van der Waals surface area contributed by atoms with E-state index < -0.39 is 0 Å². The number of nitrogens with two attached hydrogens (primary N) is 1. The third-order valence-corrected chi connectivity index (χ3v) is 2.67. The maximum atomic E-state index is 5.75. The lowest BCUT2D eigenvalue weighted by molar-refractivity contribution is 0.0664. The monoisotopic (exact) mass is 218 g/mol. The van der Waals surface area contributed by atoms with E-state index in [0.29, 0.717) is 13.2 Å². The molecule has 3 nitrogen and oxygen atoms in total. The Morgan fingerprint density at radius 3 is 2.81 bits per heavy atom. The summed E-state index contributed by atoms with van der Waals surface area (Å²) in [5.41, 5.74) is 9.23. The van der Waals surface area contributed by atoms with Gasteiger partial charge in [0.05, 0.1) is 12.7 Å². The van der Waals surface area contributed by atoms with Crippen LogP contribution in [0.15, 0.2) is 24.4 Å². The molecule has 2 aromatic rings. The molecule has 1 heterocycles. The minimum atomic E-state index is 0.245. The van der Waals surface area contributed by atoms with Crippen LogP contribution in [0.1, 0.15) is 25.0 Å². The molecule has 2 rings (SSSR count). The Kier molecular flexibility index (Phi) is 3.27. The van der Waals surface area contributed by atoms with E-state index in [1.165, 1.54) is 16.5 Å². The van der Waals surface area contributed by atoms with Crippen molar-refractivity contribution in [1.82, 2.24) is 4.98 Å². The molecule has 0 aliphatic heterocycles. The van der Waals surface area contributed by atoms with Gasteiger partial charge in [0.1, 0.15) is 0 Å². The lowest BCUT2D eigenvalue weighted by atomic mass is 10.1. The summed E-state index contributed by atoms with van der Waals surface area (Å²) in [5.74, 6) is 0. The quantitative estimate of drug-likeness (QED) is 0.828. The van der Waals surface area contributed by atoms with Gasteiger partial charge in [0.15, 0.2) is 0 Å². The number of H-pyrrole nitrogens is 1. The van der Waals surface area contributed by atoms with Crippen molar-refractivity contribution in [2.45, 2.75) is 33.1 Å². The fourth-order valence-corrected chi connectivity index (χ4v) is 1.88. The third kappa shape index (κ3) is 2.10. The first kappa shape index (κ1) is 11.2. The summed E-state index contributed by atoms with van der Waals surface area (Å²) < 4.78 is 5.63. The van der Waals surface area contributed by atoms with Crippen LogP contribution in [0.25, 0.3) is 10.9 Å². The Morgan fingerprint density at radius 1 is 1.31 bits per heavy atom. The number of hydrogen-bond donors (Lipinski definition) is 2. The van der Waals surface area contributed by atoms with Gasteiger partial charge in [0, 0.05) is 29.2 Å². The van der Waals surface area contributed by atoms with E-state index in [9.17, 15) is 0 Å². The van der Waals surface area contributed by atoms with Gasteiger partial charge in [-0.1, -0.05) is 12.1 Å². The van der Waals surface area contributed by atoms with Gasteiger partial charge in [-0.25, -0.2) is 0 Å². The highest BCUT2D eigenvalue weighted by Gasteiger charge is 2.08. The second-order valence-electron chi connectivity index (χ2n) is 4.22. The number of nitrogens with one attached hydrogen (secondary N) is 1. The van der Waals surface area contributed by atoms with E-state index in [0.717, 1.165) is 5.52 Å². The summed E-state index contributed by atoms with van der Waals surface area (Å²) in [6.07, 6.45) is 2.25. The molecule has 1 aromatic carbocycles. The normalized spacial score (nSPS) is 11.5. The van der Waals surface area contributed by atoms with Crippen LogP contribution in [0.3, 0.4) is 0 Å². The van der Waals surface area contributed by atoms with E-state index in [2.05, 4.69) is 17.1 Å². The molecule has 0 amide bonds. The van der Waals surface area contributed by atoms with Crippen LogP contribution in [-0.2, 0) is 17.9 Å². The van der Waals surface area contributed by atoms with Crippen molar-refractivity contribution >= 4 is 10.9 Å². The molecule has 0 bridgehead atoms. The Morgan fingerprint density at radius 2 is 2.12 bits per heavy atom. The van der Waals surface area contributed by atoms with Gasteiger partial charge in [0.25, 0.3) is 0 Å². The van der Waals surface area contributed by atoms with Crippen LogP contribution in [0.5, 0.6) is 0 Å². The topological polar surface area (TPSA) is 51.0 Å². The Bertz CT molecular complexity index is 474. The van der Waals surface area contributed by atoms with Crippen LogP contribution in [0, 0.1) is 0 Å². The first-order valence-electron chi connectivity index (χ1n) is 5.62. The standard InChI is InChI=1S/C13H18N2O/c1-9(2)16-8-11-7-15-12-5-3-4-10(6-14)13(11)12/h3-5,7,9,15H,6,8,14H2,1-2H3. The number of benzene rings is 1. The highest BCUT2D eigenvalue weighted by molar-refractivity contribution is 5.86. The van der Waals surface area contributed by atoms with Gasteiger partial charge in [-0.2, -0.15) is 0 Å². The van der Waals surface area contributed by atoms with Crippen LogP contribution < -0.4 is 5.73 Å². The van der Waals surface area contributed by atoms with Crippen LogP contribution in [-0.4, -0.2) is 11.1 Å². The van der Waals surface area contributed by atoms with E-state index in [4.69, 9.17) is 10.5 Å². The molecular weight excluding hydrogens is 200 g/mol.